The summed E-state index contributed by atoms with van der Waals surface area (Å²) in [5, 5.41) is 12.4. The van der Waals surface area contributed by atoms with E-state index in [2.05, 4.69) is 22.4 Å². The molecule has 1 aliphatic rings. The van der Waals surface area contributed by atoms with E-state index in [-0.39, 0.29) is 0 Å². The Morgan fingerprint density at radius 3 is 3.00 bits per heavy atom. The van der Waals surface area contributed by atoms with E-state index in [1.165, 1.54) is 6.42 Å². The molecule has 0 radical (unpaired) electrons. The van der Waals surface area contributed by atoms with Crippen molar-refractivity contribution < 1.29 is 0 Å². The van der Waals surface area contributed by atoms with Gasteiger partial charge in [-0.15, -0.1) is 0 Å². The zero-order valence-electron chi connectivity index (χ0n) is 9.45. The molecule has 0 bridgehead atoms. The van der Waals surface area contributed by atoms with Gasteiger partial charge in [-0.25, -0.2) is 0 Å². The van der Waals surface area contributed by atoms with Crippen molar-refractivity contribution >= 4 is 0 Å². The number of hydrogen-bond acceptors (Lipinski definition) is 3. The van der Waals surface area contributed by atoms with E-state index in [9.17, 15) is 0 Å². The summed E-state index contributed by atoms with van der Waals surface area (Å²) in [5.41, 5.74) is 1.95. The van der Waals surface area contributed by atoms with Gasteiger partial charge in [0.15, 0.2) is 0 Å². The molecule has 2 rings (SSSR count). The fourth-order valence-corrected chi connectivity index (χ4v) is 2.07. The summed E-state index contributed by atoms with van der Waals surface area (Å²) in [6, 6.07) is 10.1. The van der Waals surface area contributed by atoms with Gasteiger partial charge < -0.3 is 5.32 Å². The Bertz CT molecular complexity index is 373. The van der Waals surface area contributed by atoms with E-state index in [1.54, 1.807) is 0 Å². The molecule has 1 aromatic carbocycles. The lowest BCUT2D eigenvalue weighted by molar-refractivity contribution is 0.284. The number of nitrogens with zero attached hydrogens (tertiary/aromatic N) is 2. The average Bonchev–Trinajstić information content (AvgIpc) is 2.58. The predicted molar refractivity (Wildman–Crippen MR) is 63.9 cm³/mol. The summed E-state index contributed by atoms with van der Waals surface area (Å²) in [5.74, 6) is 0. The van der Waals surface area contributed by atoms with Crippen molar-refractivity contribution in [1.82, 2.24) is 10.2 Å². The summed E-state index contributed by atoms with van der Waals surface area (Å²) in [6.45, 7) is 5.24. The lowest BCUT2D eigenvalue weighted by Crippen LogP contribution is -2.27. The van der Waals surface area contributed by atoms with Crippen molar-refractivity contribution in [1.29, 1.82) is 5.26 Å². The second-order valence-corrected chi connectivity index (χ2v) is 4.15. The first-order chi connectivity index (χ1) is 7.90. The summed E-state index contributed by atoms with van der Waals surface area (Å²) in [7, 11) is 0. The van der Waals surface area contributed by atoms with E-state index in [4.69, 9.17) is 5.26 Å². The van der Waals surface area contributed by atoms with Crippen molar-refractivity contribution in [3.8, 4) is 6.07 Å². The van der Waals surface area contributed by atoms with Gasteiger partial charge in [-0.3, -0.25) is 4.90 Å². The van der Waals surface area contributed by atoms with Crippen LogP contribution in [0.2, 0.25) is 0 Å². The molecular formula is C13H17N3. The molecule has 3 heteroatoms. The molecule has 0 amide bonds. The topological polar surface area (TPSA) is 39.1 Å². The molecule has 0 saturated carbocycles. The second kappa shape index (κ2) is 5.64. The normalized spacial score (nSPS) is 17.7. The molecule has 0 unspecified atom stereocenters. The van der Waals surface area contributed by atoms with Gasteiger partial charge in [0.1, 0.15) is 0 Å². The highest BCUT2D eigenvalue weighted by Gasteiger charge is 2.10. The second-order valence-electron chi connectivity index (χ2n) is 4.15. The third-order valence-electron chi connectivity index (χ3n) is 2.96. The first-order valence-corrected chi connectivity index (χ1v) is 5.81. The predicted octanol–water partition coefficient (Wildman–Crippen LogP) is 1.35. The van der Waals surface area contributed by atoms with E-state index in [1.807, 2.05) is 18.2 Å². The molecule has 0 aliphatic carbocycles. The lowest BCUT2D eigenvalue weighted by atomic mass is 10.1. The Morgan fingerprint density at radius 2 is 2.12 bits per heavy atom. The fraction of sp³-hybridized carbons (Fsp3) is 0.462. The first-order valence-electron chi connectivity index (χ1n) is 5.81. The molecule has 1 heterocycles. The maximum absolute atomic E-state index is 9.02. The summed E-state index contributed by atoms with van der Waals surface area (Å²) < 4.78 is 0. The molecule has 1 fully saturated rings. The van der Waals surface area contributed by atoms with Crippen molar-refractivity contribution in [3.05, 3.63) is 35.4 Å². The van der Waals surface area contributed by atoms with Gasteiger partial charge in [-0.2, -0.15) is 5.26 Å². The van der Waals surface area contributed by atoms with Gasteiger partial charge in [0.05, 0.1) is 11.6 Å². The van der Waals surface area contributed by atoms with Gasteiger partial charge >= 0.3 is 0 Å². The Morgan fingerprint density at radius 1 is 1.25 bits per heavy atom. The molecule has 3 nitrogen and oxygen atoms in total. The van der Waals surface area contributed by atoms with Gasteiger partial charge in [-0.05, 0) is 31.1 Å². The van der Waals surface area contributed by atoms with Crippen LogP contribution in [0.5, 0.6) is 0 Å². The van der Waals surface area contributed by atoms with Crippen LogP contribution in [-0.2, 0) is 6.54 Å². The summed E-state index contributed by atoms with van der Waals surface area (Å²) in [4.78, 5) is 2.41. The maximum atomic E-state index is 9.02. The van der Waals surface area contributed by atoms with Gasteiger partial charge in [0.25, 0.3) is 0 Å². The third-order valence-corrected chi connectivity index (χ3v) is 2.96. The van der Waals surface area contributed by atoms with E-state index in [0.717, 1.165) is 43.9 Å². The monoisotopic (exact) mass is 215 g/mol. The smallest absolute Gasteiger partial charge is 0.0995 e. The quantitative estimate of drug-likeness (QED) is 0.809. The Balaban J connectivity index is 2.05. The zero-order valence-corrected chi connectivity index (χ0v) is 9.45. The average molecular weight is 215 g/mol. The number of rotatable bonds is 2. The van der Waals surface area contributed by atoms with Crippen LogP contribution < -0.4 is 5.32 Å². The molecular weight excluding hydrogens is 198 g/mol. The van der Waals surface area contributed by atoms with Crippen molar-refractivity contribution in [3.63, 3.8) is 0 Å². The summed E-state index contributed by atoms with van der Waals surface area (Å²) >= 11 is 0. The highest BCUT2D eigenvalue weighted by molar-refractivity contribution is 5.37. The lowest BCUT2D eigenvalue weighted by Gasteiger charge is -2.19. The largest absolute Gasteiger partial charge is 0.315 e. The highest BCUT2D eigenvalue weighted by Crippen LogP contribution is 2.11. The fourth-order valence-electron chi connectivity index (χ4n) is 2.07. The van der Waals surface area contributed by atoms with E-state index in [0.29, 0.717) is 0 Å². The van der Waals surface area contributed by atoms with Crippen LogP contribution in [0.4, 0.5) is 0 Å². The minimum Gasteiger partial charge on any atom is -0.315 e. The van der Waals surface area contributed by atoms with Gasteiger partial charge in [-0.1, -0.05) is 18.2 Å². The van der Waals surface area contributed by atoms with Gasteiger partial charge in [0, 0.05) is 19.6 Å². The van der Waals surface area contributed by atoms with Crippen LogP contribution >= 0.6 is 0 Å². The molecule has 1 aromatic rings. The number of hydrogen-bond donors (Lipinski definition) is 1. The van der Waals surface area contributed by atoms with Crippen molar-refractivity contribution in [2.45, 2.75) is 13.0 Å². The Labute approximate surface area is 96.7 Å². The first kappa shape index (κ1) is 11.1. The van der Waals surface area contributed by atoms with Gasteiger partial charge in [0.2, 0.25) is 0 Å². The molecule has 0 aromatic heterocycles. The number of nitrogens with one attached hydrogen (secondary N) is 1. The van der Waals surface area contributed by atoms with Crippen LogP contribution in [0.3, 0.4) is 0 Å². The standard InChI is InChI=1S/C13H17N3/c14-10-12-4-1-2-5-13(12)11-16-8-3-6-15-7-9-16/h1-2,4-5,15H,3,6-9,11H2. The number of nitriles is 1. The van der Waals surface area contributed by atoms with Crippen molar-refractivity contribution in [2.75, 3.05) is 26.2 Å². The van der Waals surface area contributed by atoms with Crippen molar-refractivity contribution in [2.24, 2.45) is 0 Å². The molecule has 16 heavy (non-hydrogen) atoms. The van der Waals surface area contributed by atoms with Crippen LogP contribution in [0.25, 0.3) is 0 Å². The van der Waals surface area contributed by atoms with E-state index >= 15 is 0 Å². The molecule has 0 spiro atoms. The van der Waals surface area contributed by atoms with E-state index < -0.39 is 0 Å². The SMILES string of the molecule is N#Cc1ccccc1CN1CCCNCC1. The molecule has 1 N–H and O–H groups in total. The van der Waals surface area contributed by atoms with Crippen LogP contribution in [0.15, 0.2) is 24.3 Å². The molecule has 1 saturated heterocycles. The molecule has 1 aliphatic heterocycles. The third kappa shape index (κ3) is 2.82. The highest BCUT2D eigenvalue weighted by atomic mass is 15.1. The maximum Gasteiger partial charge on any atom is 0.0995 e. The minimum atomic E-state index is 0.805. The van der Waals surface area contributed by atoms with Crippen LogP contribution in [0, 0.1) is 11.3 Å². The summed E-state index contributed by atoms with van der Waals surface area (Å²) in [6.07, 6.45) is 1.19. The van der Waals surface area contributed by atoms with Crippen LogP contribution in [0.1, 0.15) is 17.5 Å². The minimum absolute atomic E-state index is 0.805. The Hall–Kier alpha value is -1.37. The number of benzene rings is 1. The molecule has 84 valence electrons. The van der Waals surface area contributed by atoms with Crippen LogP contribution in [-0.4, -0.2) is 31.1 Å². The molecule has 0 atom stereocenters. The Kier molecular flexibility index (Phi) is 3.92. The zero-order chi connectivity index (χ0) is 11.2.